The second-order valence-electron chi connectivity index (χ2n) is 3.49. The second-order valence-corrected chi connectivity index (χ2v) is 3.49. The molecule has 0 aromatic carbocycles. The molecule has 2 amide bonds. The van der Waals surface area contributed by atoms with E-state index in [4.69, 9.17) is 9.47 Å². The molecule has 0 aliphatic heterocycles. The molecule has 0 rings (SSSR count). The van der Waals surface area contributed by atoms with Crippen LogP contribution in [0, 0.1) is 0 Å². The van der Waals surface area contributed by atoms with Crippen LogP contribution in [0.5, 0.6) is 0 Å². The highest BCUT2D eigenvalue weighted by molar-refractivity contribution is 5.73. The van der Waals surface area contributed by atoms with E-state index in [1.165, 1.54) is 0 Å². The molecule has 5 heteroatoms. The van der Waals surface area contributed by atoms with Crippen LogP contribution in [0.4, 0.5) is 4.79 Å². The van der Waals surface area contributed by atoms with Crippen molar-refractivity contribution < 1.29 is 14.3 Å². The summed E-state index contributed by atoms with van der Waals surface area (Å²) in [6.45, 7) is 5.45. The molecule has 0 aliphatic carbocycles. The van der Waals surface area contributed by atoms with E-state index in [2.05, 4.69) is 10.6 Å². The van der Waals surface area contributed by atoms with E-state index in [1.807, 2.05) is 6.92 Å². The van der Waals surface area contributed by atoms with Gasteiger partial charge in [-0.15, -0.1) is 0 Å². The number of carbonyl (C=O) groups is 1. The molecule has 5 nitrogen and oxygen atoms in total. The Kier molecular flexibility index (Phi) is 11.6. The van der Waals surface area contributed by atoms with Crippen molar-refractivity contribution in [2.24, 2.45) is 0 Å². The number of unbranched alkanes of at least 4 members (excludes halogenated alkanes) is 1. The number of hydrogen-bond donors (Lipinski definition) is 2. The van der Waals surface area contributed by atoms with Crippen LogP contribution in [-0.4, -0.2) is 46.1 Å². The minimum Gasteiger partial charge on any atom is -0.382 e. The molecule has 0 atom stereocenters. The maximum atomic E-state index is 11.1. The van der Waals surface area contributed by atoms with Crippen molar-refractivity contribution in [1.82, 2.24) is 10.6 Å². The fraction of sp³-hybridized carbons (Fsp3) is 0.909. The second kappa shape index (κ2) is 12.3. The van der Waals surface area contributed by atoms with Gasteiger partial charge in [0.25, 0.3) is 0 Å². The molecule has 96 valence electrons. The normalized spacial score (nSPS) is 10.1. The highest BCUT2D eigenvalue weighted by atomic mass is 16.5. The lowest BCUT2D eigenvalue weighted by Gasteiger charge is -2.06. The zero-order chi connectivity index (χ0) is 12.1. The zero-order valence-corrected chi connectivity index (χ0v) is 10.4. The van der Waals surface area contributed by atoms with Crippen molar-refractivity contribution in [3.63, 3.8) is 0 Å². The van der Waals surface area contributed by atoms with Crippen molar-refractivity contribution in [1.29, 1.82) is 0 Å². The number of amides is 2. The van der Waals surface area contributed by atoms with Crippen LogP contribution >= 0.6 is 0 Å². The highest BCUT2D eigenvalue weighted by Gasteiger charge is 1.96. The molecule has 0 saturated heterocycles. The third-order valence-electron chi connectivity index (χ3n) is 1.97. The first-order valence-electron chi connectivity index (χ1n) is 5.89. The summed E-state index contributed by atoms with van der Waals surface area (Å²) in [6.07, 6.45) is 2.85. The van der Waals surface area contributed by atoms with Crippen LogP contribution in [-0.2, 0) is 9.47 Å². The average molecular weight is 232 g/mol. The van der Waals surface area contributed by atoms with Gasteiger partial charge in [0.05, 0.1) is 13.2 Å². The van der Waals surface area contributed by atoms with Gasteiger partial charge in [-0.3, -0.25) is 0 Å². The minimum atomic E-state index is -0.0813. The summed E-state index contributed by atoms with van der Waals surface area (Å²) in [5.41, 5.74) is 0. The van der Waals surface area contributed by atoms with Crippen molar-refractivity contribution in [2.75, 3.05) is 40.0 Å². The molecule has 0 saturated carbocycles. The van der Waals surface area contributed by atoms with E-state index < -0.39 is 0 Å². The fourth-order valence-electron chi connectivity index (χ4n) is 1.08. The van der Waals surface area contributed by atoms with Crippen LogP contribution in [0.2, 0.25) is 0 Å². The standard InChI is InChI=1S/C11H24N2O3/c1-3-6-12-11(14)13-7-4-5-8-16-10-9-15-2/h3-10H2,1-2H3,(H2,12,13,14). The van der Waals surface area contributed by atoms with Gasteiger partial charge >= 0.3 is 6.03 Å². The summed E-state index contributed by atoms with van der Waals surface area (Å²) in [4.78, 5) is 11.1. The molecule has 0 aliphatic rings. The Morgan fingerprint density at radius 3 is 2.50 bits per heavy atom. The molecule has 0 bridgehead atoms. The Balaban J connectivity index is 3.05. The number of ether oxygens (including phenoxy) is 2. The molecular formula is C11H24N2O3. The van der Waals surface area contributed by atoms with Crippen LogP contribution in [0.3, 0.4) is 0 Å². The lowest BCUT2D eigenvalue weighted by molar-refractivity contribution is 0.0688. The van der Waals surface area contributed by atoms with Crippen molar-refractivity contribution in [3.8, 4) is 0 Å². The van der Waals surface area contributed by atoms with Crippen molar-refractivity contribution >= 4 is 6.03 Å². The Labute approximate surface area is 97.9 Å². The monoisotopic (exact) mass is 232 g/mol. The molecule has 0 spiro atoms. The van der Waals surface area contributed by atoms with Gasteiger partial charge < -0.3 is 20.1 Å². The van der Waals surface area contributed by atoms with Crippen molar-refractivity contribution in [2.45, 2.75) is 26.2 Å². The smallest absolute Gasteiger partial charge is 0.314 e. The third-order valence-corrected chi connectivity index (χ3v) is 1.97. The van der Waals surface area contributed by atoms with E-state index in [0.29, 0.717) is 19.8 Å². The summed E-state index contributed by atoms with van der Waals surface area (Å²) >= 11 is 0. The van der Waals surface area contributed by atoms with Gasteiger partial charge in [-0.05, 0) is 19.3 Å². The van der Waals surface area contributed by atoms with E-state index in [0.717, 1.165) is 32.4 Å². The van der Waals surface area contributed by atoms with Crippen molar-refractivity contribution in [3.05, 3.63) is 0 Å². The summed E-state index contributed by atoms with van der Waals surface area (Å²) in [5, 5.41) is 5.54. The minimum absolute atomic E-state index is 0.0813. The summed E-state index contributed by atoms with van der Waals surface area (Å²) in [5.74, 6) is 0. The number of urea groups is 1. The fourth-order valence-corrected chi connectivity index (χ4v) is 1.08. The molecule has 0 fully saturated rings. The molecule has 0 heterocycles. The molecule has 16 heavy (non-hydrogen) atoms. The van der Waals surface area contributed by atoms with E-state index in [9.17, 15) is 4.79 Å². The van der Waals surface area contributed by atoms with Gasteiger partial charge in [-0.25, -0.2) is 4.79 Å². The maximum absolute atomic E-state index is 11.1. The largest absolute Gasteiger partial charge is 0.382 e. The quantitative estimate of drug-likeness (QED) is 0.555. The topological polar surface area (TPSA) is 59.6 Å². The highest BCUT2D eigenvalue weighted by Crippen LogP contribution is 1.88. The van der Waals surface area contributed by atoms with Crippen LogP contribution in [0.25, 0.3) is 0 Å². The number of nitrogens with one attached hydrogen (secondary N) is 2. The van der Waals surface area contributed by atoms with Crippen LogP contribution < -0.4 is 10.6 Å². The molecular weight excluding hydrogens is 208 g/mol. The molecule has 2 N–H and O–H groups in total. The van der Waals surface area contributed by atoms with E-state index in [1.54, 1.807) is 7.11 Å². The number of rotatable bonds is 10. The molecule has 0 aromatic heterocycles. The molecule has 0 aromatic rings. The summed E-state index contributed by atoms with van der Waals surface area (Å²) in [7, 11) is 1.65. The van der Waals surface area contributed by atoms with E-state index in [-0.39, 0.29) is 6.03 Å². The third kappa shape index (κ3) is 11.3. The average Bonchev–Trinajstić information content (AvgIpc) is 2.30. The number of hydrogen-bond acceptors (Lipinski definition) is 3. The van der Waals surface area contributed by atoms with Gasteiger partial charge in [0.15, 0.2) is 0 Å². The van der Waals surface area contributed by atoms with Gasteiger partial charge in [-0.2, -0.15) is 0 Å². The van der Waals surface area contributed by atoms with Gasteiger partial charge in [0.1, 0.15) is 0 Å². The zero-order valence-electron chi connectivity index (χ0n) is 10.4. The first kappa shape index (κ1) is 15.2. The predicted octanol–water partition coefficient (Wildman–Crippen LogP) is 1.14. The Hall–Kier alpha value is -0.810. The lowest BCUT2D eigenvalue weighted by atomic mass is 10.3. The first-order chi connectivity index (χ1) is 7.81. The van der Waals surface area contributed by atoms with Gasteiger partial charge in [-0.1, -0.05) is 6.92 Å². The number of carbonyl (C=O) groups excluding carboxylic acids is 1. The maximum Gasteiger partial charge on any atom is 0.314 e. The van der Waals surface area contributed by atoms with Crippen LogP contribution in [0.1, 0.15) is 26.2 Å². The molecule has 0 radical (unpaired) electrons. The SMILES string of the molecule is CCCNC(=O)NCCCCOCCOC. The van der Waals surface area contributed by atoms with Crippen LogP contribution in [0.15, 0.2) is 0 Å². The van der Waals surface area contributed by atoms with E-state index >= 15 is 0 Å². The summed E-state index contributed by atoms with van der Waals surface area (Å²) in [6, 6.07) is -0.0813. The number of methoxy groups -OCH3 is 1. The predicted molar refractivity (Wildman–Crippen MR) is 63.6 cm³/mol. The Morgan fingerprint density at radius 1 is 1.06 bits per heavy atom. The summed E-state index contributed by atoms with van der Waals surface area (Å²) < 4.78 is 10.1. The first-order valence-corrected chi connectivity index (χ1v) is 5.89. The lowest BCUT2D eigenvalue weighted by Crippen LogP contribution is -2.36. The van der Waals surface area contributed by atoms with Gasteiger partial charge in [0.2, 0.25) is 0 Å². The van der Waals surface area contributed by atoms with Gasteiger partial charge in [0, 0.05) is 26.8 Å². The Bertz CT molecular complexity index is 165. The molecule has 0 unspecified atom stereocenters. The Morgan fingerprint density at radius 2 is 1.81 bits per heavy atom.